The number of likely N-dealkylation sites (tertiary alicyclic amines) is 1. The molecule has 1 fully saturated rings. The van der Waals surface area contributed by atoms with Crippen molar-refractivity contribution in [2.75, 3.05) is 13.2 Å². The molecule has 1 aliphatic rings. The number of rotatable bonds is 4. The predicted molar refractivity (Wildman–Crippen MR) is 84.5 cm³/mol. The van der Waals surface area contributed by atoms with Crippen LogP contribution in [0, 0.1) is 0 Å². The highest BCUT2D eigenvalue weighted by Crippen LogP contribution is 2.16. The fourth-order valence-electron chi connectivity index (χ4n) is 2.79. The van der Waals surface area contributed by atoms with Gasteiger partial charge in [0.05, 0.1) is 11.3 Å². The van der Waals surface area contributed by atoms with Gasteiger partial charge in [0.2, 0.25) is 0 Å². The molecule has 0 radical (unpaired) electrons. The third-order valence-corrected chi connectivity index (χ3v) is 4.17. The van der Waals surface area contributed by atoms with Gasteiger partial charge in [0.15, 0.2) is 6.61 Å². The lowest BCUT2D eigenvalue weighted by atomic mass is 10.0. The maximum Gasteiger partial charge on any atom is 0.338 e. The molecule has 8 heteroatoms. The number of ether oxygens (including phenoxy) is 1. The monoisotopic (exact) mass is 329 g/mol. The van der Waals surface area contributed by atoms with Crippen molar-refractivity contribution in [1.29, 1.82) is 0 Å². The molecule has 0 spiro atoms. The van der Waals surface area contributed by atoms with E-state index in [1.807, 2.05) is 6.92 Å². The van der Waals surface area contributed by atoms with E-state index in [9.17, 15) is 9.59 Å². The van der Waals surface area contributed by atoms with Gasteiger partial charge in [-0.25, -0.2) is 9.48 Å². The van der Waals surface area contributed by atoms with E-state index in [0.29, 0.717) is 5.56 Å². The van der Waals surface area contributed by atoms with Crippen molar-refractivity contribution in [1.82, 2.24) is 25.1 Å². The Morgan fingerprint density at radius 1 is 1.25 bits per heavy atom. The van der Waals surface area contributed by atoms with Crippen molar-refractivity contribution < 1.29 is 14.3 Å². The van der Waals surface area contributed by atoms with Gasteiger partial charge < -0.3 is 9.64 Å². The van der Waals surface area contributed by atoms with E-state index in [1.165, 1.54) is 11.0 Å². The van der Waals surface area contributed by atoms with Crippen molar-refractivity contribution in [2.45, 2.75) is 32.2 Å². The number of nitrogens with zero attached hydrogens (tertiary/aromatic N) is 5. The Bertz CT molecular complexity index is 699. The van der Waals surface area contributed by atoms with Crippen LogP contribution in [0.5, 0.6) is 0 Å². The second kappa shape index (κ2) is 7.20. The van der Waals surface area contributed by atoms with E-state index < -0.39 is 5.97 Å². The lowest BCUT2D eigenvalue weighted by molar-refractivity contribution is -0.137. The number of hydrogen-bond acceptors (Lipinski definition) is 6. The minimum atomic E-state index is -0.517. The molecule has 0 N–H and O–H groups in total. The Morgan fingerprint density at radius 3 is 2.71 bits per heavy atom. The van der Waals surface area contributed by atoms with Crippen LogP contribution in [-0.2, 0) is 9.53 Å². The van der Waals surface area contributed by atoms with E-state index in [4.69, 9.17) is 4.74 Å². The molecule has 1 aliphatic heterocycles. The van der Waals surface area contributed by atoms with Crippen LogP contribution in [0.2, 0.25) is 0 Å². The van der Waals surface area contributed by atoms with Crippen molar-refractivity contribution in [3.63, 3.8) is 0 Å². The average Bonchev–Trinajstić information content (AvgIpc) is 3.14. The van der Waals surface area contributed by atoms with E-state index in [2.05, 4.69) is 15.5 Å². The summed E-state index contributed by atoms with van der Waals surface area (Å²) < 4.78 is 6.63. The minimum Gasteiger partial charge on any atom is -0.452 e. The van der Waals surface area contributed by atoms with Gasteiger partial charge in [0.1, 0.15) is 6.33 Å². The van der Waals surface area contributed by atoms with Crippen molar-refractivity contribution in [3.8, 4) is 5.69 Å². The van der Waals surface area contributed by atoms with E-state index in [1.54, 1.807) is 29.2 Å². The van der Waals surface area contributed by atoms with Gasteiger partial charge in [-0.1, -0.05) is 0 Å². The van der Waals surface area contributed by atoms with Gasteiger partial charge in [-0.15, -0.1) is 5.10 Å². The summed E-state index contributed by atoms with van der Waals surface area (Å²) in [6.07, 6.45) is 4.60. The van der Waals surface area contributed by atoms with Crippen LogP contribution in [-0.4, -0.2) is 56.2 Å². The van der Waals surface area contributed by atoms with E-state index in [-0.39, 0.29) is 18.6 Å². The van der Waals surface area contributed by atoms with Gasteiger partial charge in [-0.3, -0.25) is 4.79 Å². The highest BCUT2D eigenvalue weighted by atomic mass is 16.5. The number of piperidine rings is 1. The SMILES string of the molecule is CC1CCCCN1C(=O)COC(=O)c1ccc(-n2cnnn2)cc1. The number of carbonyl (C=O) groups is 2. The average molecular weight is 329 g/mol. The molecule has 0 aliphatic carbocycles. The zero-order chi connectivity index (χ0) is 16.9. The smallest absolute Gasteiger partial charge is 0.338 e. The second-order valence-electron chi connectivity index (χ2n) is 5.81. The van der Waals surface area contributed by atoms with Crippen molar-refractivity contribution in [2.24, 2.45) is 0 Å². The zero-order valence-corrected chi connectivity index (χ0v) is 13.5. The Labute approximate surface area is 139 Å². The molecule has 1 unspecified atom stereocenters. The lowest BCUT2D eigenvalue weighted by Gasteiger charge is -2.33. The summed E-state index contributed by atoms with van der Waals surface area (Å²) >= 11 is 0. The highest BCUT2D eigenvalue weighted by molar-refractivity contribution is 5.91. The second-order valence-corrected chi connectivity index (χ2v) is 5.81. The molecule has 0 saturated carbocycles. The summed E-state index contributed by atoms with van der Waals surface area (Å²) in [4.78, 5) is 26.0. The van der Waals surface area contributed by atoms with E-state index >= 15 is 0 Å². The summed E-state index contributed by atoms with van der Waals surface area (Å²) in [5, 5.41) is 10.9. The number of hydrogen-bond donors (Lipinski definition) is 0. The lowest BCUT2D eigenvalue weighted by Crippen LogP contribution is -2.44. The maximum atomic E-state index is 12.2. The van der Waals surface area contributed by atoms with Gasteiger partial charge in [-0.05, 0) is 60.9 Å². The number of esters is 1. The van der Waals surface area contributed by atoms with Crippen LogP contribution >= 0.6 is 0 Å². The molecular formula is C16H19N5O3. The Kier molecular flexibility index (Phi) is 4.83. The largest absolute Gasteiger partial charge is 0.452 e. The van der Waals surface area contributed by atoms with Crippen LogP contribution in [0.4, 0.5) is 0 Å². The first-order chi connectivity index (χ1) is 11.6. The molecule has 0 bridgehead atoms. The van der Waals surface area contributed by atoms with Crippen molar-refractivity contribution >= 4 is 11.9 Å². The number of amides is 1. The number of tetrazole rings is 1. The molecule has 1 amide bonds. The van der Waals surface area contributed by atoms with E-state index in [0.717, 1.165) is 31.5 Å². The van der Waals surface area contributed by atoms with Gasteiger partial charge >= 0.3 is 5.97 Å². The maximum absolute atomic E-state index is 12.2. The normalized spacial score (nSPS) is 17.5. The molecule has 1 aromatic heterocycles. The first kappa shape index (κ1) is 16.1. The zero-order valence-electron chi connectivity index (χ0n) is 13.5. The number of aromatic nitrogens is 4. The van der Waals surface area contributed by atoms with Gasteiger partial charge in [-0.2, -0.15) is 0 Å². The van der Waals surface area contributed by atoms with Crippen LogP contribution in [0.1, 0.15) is 36.5 Å². The van der Waals surface area contributed by atoms with Gasteiger partial charge in [0, 0.05) is 12.6 Å². The molecule has 1 saturated heterocycles. The molecule has 24 heavy (non-hydrogen) atoms. The molecule has 2 heterocycles. The summed E-state index contributed by atoms with van der Waals surface area (Å²) in [7, 11) is 0. The first-order valence-corrected chi connectivity index (χ1v) is 7.95. The number of carbonyl (C=O) groups excluding carboxylic acids is 2. The van der Waals surface area contributed by atoms with Crippen LogP contribution in [0.3, 0.4) is 0 Å². The van der Waals surface area contributed by atoms with Crippen LogP contribution in [0.25, 0.3) is 5.69 Å². The molecule has 2 aromatic rings. The molecule has 8 nitrogen and oxygen atoms in total. The molecular weight excluding hydrogens is 310 g/mol. The van der Waals surface area contributed by atoms with Crippen molar-refractivity contribution in [3.05, 3.63) is 36.2 Å². The first-order valence-electron chi connectivity index (χ1n) is 7.95. The quantitative estimate of drug-likeness (QED) is 0.784. The summed E-state index contributed by atoms with van der Waals surface area (Å²) in [6, 6.07) is 6.87. The topological polar surface area (TPSA) is 90.2 Å². The predicted octanol–water partition coefficient (Wildman–Crippen LogP) is 1.22. The Morgan fingerprint density at radius 2 is 2.04 bits per heavy atom. The minimum absolute atomic E-state index is 0.138. The standard InChI is InChI=1S/C16H19N5O3/c1-12-4-2-3-9-20(12)15(22)10-24-16(23)13-5-7-14(8-6-13)21-11-17-18-19-21/h5-8,11-12H,2-4,9-10H2,1H3. The highest BCUT2D eigenvalue weighted by Gasteiger charge is 2.24. The fourth-order valence-corrected chi connectivity index (χ4v) is 2.79. The Balaban J connectivity index is 1.56. The molecule has 126 valence electrons. The van der Waals surface area contributed by atoms with Crippen LogP contribution in [0.15, 0.2) is 30.6 Å². The third kappa shape index (κ3) is 3.58. The van der Waals surface area contributed by atoms with Crippen LogP contribution < -0.4 is 0 Å². The third-order valence-electron chi connectivity index (χ3n) is 4.17. The van der Waals surface area contributed by atoms with Gasteiger partial charge in [0.25, 0.3) is 5.91 Å². The molecule has 1 aromatic carbocycles. The number of benzene rings is 1. The molecule has 1 atom stereocenters. The Hall–Kier alpha value is -2.77. The fraction of sp³-hybridized carbons (Fsp3) is 0.438. The summed E-state index contributed by atoms with van der Waals surface area (Å²) in [5.41, 5.74) is 1.11. The summed E-state index contributed by atoms with van der Waals surface area (Å²) in [5.74, 6) is -0.655. The summed E-state index contributed by atoms with van der Waals surface area (Å²) in [6.45, 7) is 2.53. The molecule has 3 rings (SSSR count).